The maximum Gasteiger partial charge on any atom is 0.271 e. The Balaban J connectivity index is 2.31. The van der Waals surface area contributed by atoms with Gasteiger partial charge in [0.05, 0.1) is 15.6 Å². The third-order valence-corrected chi connectivity index (χ3v) is 2.82. The maximum absolute atomic E-state index is 10.6. The number of aryl methyl sites for hydroxylation is 2. The summed E-state index contributed by atoms with van der Waals surface area (Å²) >= 11 is 5.96. The summed E-state index contributed by atoms with van der Waals surface area (Å²) in [5, 5.41) is 10.8. The minimum Gasteiger partial charge on any atom is -0.454 e. The smallest absolute Gasteiger partial charge is 0.271 e. The first-order chi connectivity index (χ1) is 8.97. The summed E-state index contributed by atoms with van der Waals surface area (Å²) in [6, 6.07) is 7.68. The molecule has 19 heavy (non-hydrogen) atoms. The van der Waals surface area contributed by atoms with Crippen molar-refractivity contribution < 1.29 is 9.66 Å². The van der Waals surface area contributed by atoms with Gasteiger partial charge in [0.2, 0.25) is 0 Å². The van der Waals surface area contributed by atoms with Gasteiger partial charge in [-0.3, -0.25) is 15.1 Å². The monoisotopic (exact) mass is 278 g/mol. The number of pyridine rings is 1. The van der Waals surface area contributed by atoms with Gasteiger partial charge < -0.3 is 4.74 Å². The molecule has 0 saturated carbocycles. The molecule has 0 spiro atoms. The Hall–Kier alpha value is -2.14. The van der Waals surface area contributed by atoms with Gasteiger partial charge in [-0.05, 0) is 32.0 Å². The van der Waals surface area contributed by atoms with E-state index in [1.165, 1.54) is 18.2 Å². The molecule has 5 nitrogen and oxygen atoms in total. The fourth-order valence-corrected chi connectivity index (χ4v) is 1.80. The Morgan fingerprint density at radius 2 is 1.89 bits per heavy atom. The highest BCUT2D eigenvalue weighted by Gasteiger charge is 2.12. The summed E-state index contributed by atoms with van der Waals surface area (Å²) in [7, 11) is 0. The largest absolute Gasteiger partial charge is 0.454 e. The SMILES string of the molecule is Cc1ccc(Oc2ccc([N+](=O)[O-])cc2Cl)c(C)n1. The number of nitro groups is 1. The molecule has 0 amide bonds. The Morgan fingerprint density at radius 1 is 1.21 bits per heavy atom. The second-order valence-electron chi connectivity index (χ2n) is 4.01. The normalized spacial score (nSPS) is 10.3. The second-order valence-corrected chi connectivity index (χ2v) is 4.42. The van der Waals surface area contributed by atoms with E-state index in [0.29, 0.717) is 11.5 Å². The lowest BCUT2D eigenvalue weighted by Gasteiger charge is -2.09. The van der Waals surface area contributed by atoms with Crippen molar-refractivity contribution in [1.29, 1.82) is 0 Å². The molecule has 98 valence electrons. The predicted molar refractivity (Wildman–Crippen MR) is 71.9 cm³/mol. The average molecular weight is 279 g/mol. The van der Waals surface area contributed by atoms with Crippen LogP contribution in [0.15, 0.2) is 30.3 Å². The first-order valence-corrected chi connectivity index (χ1v) is 5.91. The van der Waals surface area contributed by atoms with E-state index in [1.54, 1.807) is 6.07 Å². The molecule has 0 bridgehead atoms. The van der Waals surface area contributed by atoms with Crippen LogP contribution in [0.25, 0.3) is 0 Å². The van der Waals surface area contributed by atoms with Crippen LogP contribution in [0.3, 0.4) is 0 Å². The minimum absolute atomic E-state index is 0.0731. The van der Waals surface area contributed by atoms with Crippen LogP contribution in [-0.4, -0.2) is 9.91 Å². The quantitative estimate of drug-likeness (QED) is 0.627. The minimum atomic E-state index is -0.506. The fraction of sp³-hybridized carbons (Fsp3) is 0.154. The van der Waals surface area contributed by atoms with Crippen molar-refractivity contribution in [2.45, 2.75) is 13.8 Å². The first-order valence-electron chi connectivity index (χ1n) is 5.53. The Kier molecular flexibility index (Phi) is 3.66. The van der Waals surface area contributed by atoms with Crippen LogP contribution < -0.4 is 4.74 Å². The van der Waals surface area contributed by atoms with Crippen molar-refractivity contribution in [3.8, 4) is 11.5 Å². The molecule has 0 unspecified atom stereocenters. The van der Waals surface area contributed by atoms with Gasteiger partial charge in [-0.2, -0.15) is 0 Å². The fourth-order valence-electron chi connectivity index (χ4n) is 1.59. The van der Waals surface area contributed by atoms with Gasteiger partial charge in [0, 0.05) is 17.8 Å². The average Bonchev–Trinajstić information content (AvgIpc) is 2.34. The number of nitro benzene ring substituents is 1. The lowest BCUT2D eigenvalue weighted by molar-refractivity contribution is -0.384. The van der Waals surface area contributed by atoms with E-state index in [0.717, 1.165) is 11.4 Å². The van der Waals surface area contributed by atoms with Crippen molar-refractivity contribution in [3.05, 3.63) is 56.9 Å². The zero-order valence-electron chi connectivity index (χ0n) is 10.4. The van der Waals surface area contributed by atoms with E-state index in [1.807, 2.05) is 19.9 Å². The second kappa shape index (κ2) is 5.24. The maximum atomic E-state index is 10.6. The third-order valence-electron chi connectivity index (χ3n) is 2.52. The zero-order chi connectivity index (χ0) is 14.0. The number of benzene rings is 1. The van der Waals surface area contributed by atoms with Crippen molar-refractivity contribution in [3.63, 3.8) is 0 Å². The molecule has 0 saturated heterocycles. The van der Waals surface area contributed by atoms with Crippen LogP contribution in [0.5, 0.6) is 11.5 Å². The highest BCUT2D eigenvalue weighted by Crippen LogP contribution is 2.33. The van der Waals surface area contributed by atoms with Crippen LogP contribution in [0, 0.1) is 24.0 Å². The number of ether oxygens (including phenoxy) is 1. The first kappa shape index (κ1) is 13.3. The van der Waals surface area contributed by atoms with Gasteiger partial charge in [-0.15, -0.1) is 0 Å². The van der Waals surface area contributed by atoms with E-state index in [9.17, 15) is 10.1 Å². The number of aromatic nitrogens is 1. The van der Waals surface area contributed by atoms with Crippen LogP contribution in [0.2, 0.25) is 5.02 Å². The highest BCUT2D eigenvalue weighted by atomic mass is 35.5. The van der Waals surface area contributed by atoms with E-state index in [4.69, 9.17) is 16.3 Å². The van der Waals surface area contributed by atoms with Crippen molar-refractivity contribution in [2.75, 3.05) is 0 Å². The van der Waals surface area contributed by atoms with Crippen molar-refractivity contribution in [1.82, 2.24) is 4.98 Å². The molecule has 0 fully saturated rings. The molecule has 2 rings (SSSR count). The molecule has 0 radical (unpaired) electrons. The van der Waals surface area contributed by atoms with E-state index >= 15 is 0 Å². The molecule has 0 aliphatic rings. The number of nitrogens with zero attached hydrogens (tertiary/aromatic N) is 2. The highest BCUT2D eigenvalue weighted by molar-refractivity contribution is 6.32. The van der Waals surface area contributed by atoms with E-state index < -0.39 is 4.92 Å². The predicted octanol–water partition coefficient (Wildman–Crippen LogP) is 4.05. The van der Waals surface area contributed by atoms with E-state index in [-0.39, 0.29) is 10.7 Å². The summed E-state index contributed by atoms with van der Waals surface area (Å²) in [5.41, 5.74) is 1.55. The van der Waals surface area contributed by atoms with Crippen LogP contribution in [0.1, 0.15) is 11.4 Å². The Labute approximate surface area is 115 Å². The topological polar surface area (TPSA) is 65.3 Å². The van der Waals surface area contributed by atoms with Gasteiger partial charge in [-0.1, -0.05) is 11.6 Å². The molecule has 1 aromatic carbocycles. The van der Waals surface area contributed by atoms with Gasteiger partial charge in [-0.25, -0.2) is 0 Å². The molecule has 1 aromatic heterocycles. The van der Waals surface area contributed by atoms with E-state index in [2.05, 4.69) is 4.98 Å². The van der Waals surface area contributed by atoms with Crippen LogP contribution in [-0.2, 0) is 0 Å². The van der Waals surface area contributed by atoms with Crippen molar-refractivity contribution >= 4 is 17.3 Å². The molecule has 6 heteroatoms. The molecule has 2 aromatic rings. The third kappa shape index (κ3) is 3.00. The van der Waals surface area contributed by atoms with Crippen molar-refractivity contribution in [2.24, 2.45) is 0 Å². The van der Waals surface area contributed by atoms with Crippen LogP contribution in [0.4, 0.5) is 5.69 Å². The zero-order valence-corrected chi connectivity index (χ0v) is 11.1. The summed E-state index contributed by atoms with van der Waals surface area (Å²) in [5.74, 6) is 0.933. The molecule has 0 N–H and O–H groups in total. The lowest BCUT2D eigenvalue weighted by Crippen LogP contribution is -1.93. The molecule has 0 atom stereocenters. The number of hydrogen-bond donors (Lipinski definition) is 0. The summed E-state index contributed by atoms with van der Waals surface area (Å²) in [4.78, 5) is 14.4. The Morgan fingerprint density at radius 3 is 2.47 bits per heavy atom. The number of hydrogen-bond acceptors (Lipinski definition) is 4. The lowest BCUT2D eigenvalue weighted by atomic mass is 10.3. The molecular weight excluding hydrogens is 268 g/mol. The standard InChI is InChI=1S/C13H11ClN2O3/c1-8-3-5-12(9(2)15-8)19-13-6-4-10(16(17)18)7-11(13)14/h3-7H,1-2H3. The number of rotatable bonds is 3. The number of non-ortho nitro benzene ring substituents is 1. The van der Waals surface area contributed by atoms with Gasteiger partial charge in [0.1, 0.15) is 11.5 Å². The molecular formula is C13H11ClN2O3. The molecule has 0 aliphatic heterocycles. The summed E-state index contributed by atoms with van der Waals surface area (Å²) in [6.07, 6.45) is 0. The van der Waals surface area contributed by atoms with Crippen LogP contribution >= 0.6 is 11.6 Å². The number of halogens is 1. The molecule has 0 aliphatic carbocycles. The Bertz CT molecular complexity index is 644. The van der Waals surface area contributed by atoms with Gasteiger partial charge in [0.15, 0.2) is 0 Å². The molecule has 1 heterocycles. The van der Waals surface area contributed by atoms with Gasteiger partial charge >= 0.3 is 0 Å². The summed E-state index contributed by atoms with van der Waals surface area (Å²) < 4.78 is 5.61. The van der Waals surface area contributed by atoms with Gasteiger partial charge in [0.25, 0.3) is 5.69 Å². The summed E-state index contributed by atoms with van der Waals surface area (Å²) in [6.45, 7) is 3.71.